The average molecular weight is 264 g/mol. The molecule has 0 N–H and O–H groups in total. The summed E-state index contributed by atoms with van der Waals surface area (Å²) in [6.07, 6.45) is 1.38. The number of benzene rings is 1. The number of hydrogen-bond donors (Lipinski definition) is 0. The van der Waals surface area contributed by atoms with Gasteiger partial charge in [-0.05, 0) is 56.2 Å². The fourth-order valence-corrected chi connectivity index (χ4v) is 2.53. The lowest BCUT2D eigenvalue weighted by molar-refractivity contribution is -0.156. The SMILES string of the molecule is CC(C)(C)OC(=O)C[C@]1(C)C[C@H]1c1ccc(F)cc1. The number of rotatable bonds is 3. The number of carbonyl (C=O) groups excluding carboxylic acids is 1. The van der Waals surface area contributed by atoms with E-state index in [0.717, 1.165) is 12.0 Å². The van der Waals surface area contributed by atoms with Gasteiger partial charge in [0.05, 0.1) is 6.42 Å². The third-order valence-electron chi connectivity index (χ3n) is 3.59. The molecule has 1 aliphatic rings. The highest BCUT2D eigenvalue weighted by Gasteiger charge is 2.52. The molecule has 1 aliphatic carbocycles. The van der Waals surface area contributed by atoms with Gasteiger partial charge in [0.15, 0.2) is 0 Å². The van der Waals surface area contributed by atoms with Crippen LogP contribution < -0.4 is 0 Å². The molecule has 2 nitrogen and oxygen atoms in total. The van der Waals surface area contributed by atoms with Crippen LogP contribution in [0.25, 0.3) is 0 Å². The summed E-state index contributed by atoms with van der Waals surface area (Å²) in [5.41, 5.74) is 0.626. The Morgan fingerprint density at radius 2 is 1.95 bits per heavy atom. The molecule has 1 fully saturated rings. The van der Waals surface area contributed by atoms with Crippen LogP contribution >= 0.6 is 0 Å². The van der Waals surface area contributed by atoms with Crippen LogP contribution in [0.5, 0.6) is 0 Å². The van der Waals surface area contributed by atoms with Crippen LogP contribution in [0.4, 0.5) is 4.39 Å². The molecule has 0 radical (unpaired) electrons. The zero-order chi connectivity index (χ0) is 14.3. The highest BCUT2D eigenvalue weighted by Crippen LogP contribution is 2.61. The van der Waals surface area contributed by atoms with E-state index in [2.05, 4.69) is 6.92 Å². The van der Waals surface area contributed by atoms with Crippen LogP contribution in [0.1, 0.15) is 52.0 Å². The molecule has 0 unspecified atom stereocenters. The van der Waals surface area contributed by atoms with E-state index in [1.807, 2.05) is 20.8 Å². The Bertz CT molecular complexity index is 473. The molecule has 104 valence electrons. The Kier molecular flexibility index (Phi) is 3.41. The zero-order valence-electron chi connectivity index (χ0n) is 12.0. The van der Waals surface area contributed by atoms with Gasteiger partial charge >= 0.3 is 5.97 Å². The van der Waals surface area contributed by atoms with Crippen molar-refractivity contribution in [1.29, 1.82) is 0 Å². The molecule has 0 heterocycles. The predicted molar refractivity (Wildman–Crippen MR) is 72.3 cm³/mol. The van der Waals surface area contributed by atoms with Crippen molar-refractivity contribution in [3.8, 4) is 0 Å². The maximum Gasteiger partial charge on any atom is 0.306 e. The predicted octanol–water partition coefficient (Wildman–Crippen LogP) is 4.05. The lowest BCUT2D eigenvalue weighted by Crippen LogP contribution is -2.25. The first-order valence-corrected chi connectivity index (χ1v) is 6.67. The quantitative estimate of drug-likeness (QED) is 0.770. The summed E-state index contributed by atoms with van der Waals surface area (Å²) in [5, 5.41) is 0. The van der Waals surface area contributed by atoms with Crippen LogP contribution in [-0.4, -0.2) is 11.6 Å². The molecule has 0 aliphatic heterocycles. The van der Waals surface area contributed by atoms with E-state index in [0.29, 0.717) is 12.3 Å². The molecule has 0 bridgehead atoms. The van der Waals surface area contributed by atoms with E-state index in [4.69, 9.17) is 4.74 Å². The first-order chi connectivity index (χ1) is 8.70. The minimum absolute atomic E-state index is 0.0415. The molecule has 2 atom stereocenters. The van der Waals surface area contributed by atoms with Crippen LogP contribution in [0.2, 0.25) is 0 Å². The van der Waals surface area contributed by atoms with Crippen molar-refractivity contribution in [3.05, 3.63) is 35.6 Å². The second kappa shape index (κ2) is 4.62. The van der Waals surface area contributed by atoms with Crippen molar-refractivity contribution < 1.29 is 13.9 Å². The summed E-state index contributed by atoms with van der Waals surface area (Å²) in [6.45, 7) is 7.71. The van der Waals surface area contributed by atoms with Gasteiger partial charge in [0.2, 0.25) is 0 Å². The summed E-state index contributed by atoms with van der Waals surface area (Å²) in [5.74, 6) is -0.0431. The fourth-order valence-electron chi connectivity index (χ4n) is 2.53. The van der Waals surface area contributed by atoms with E-state index >= 15 is 0 Å². The van der Waals surface area contributed by atoms with Crippen molar-refractivity contribution in [1.82, 2.24) is 0 Å². The monoisotopic (exact) mass is 264 g/mol. The summed E-state index contributed by atoms with van der Waals surface area (Å²) in [6, 6.07) is 6.56. The Labute approximate surface area is 114 Å². The van der Waals surface area contributed by atoms with Gasteiger partial charge in [-0.1, -0.05) is 19.1 Å². The van der Waals surface area contributed by atoms with Crippen molar-refractivity contribution in [2.45, 2.75) is 52.1 Å². The van der Waals surface area contributed by atoms with Crippen LogP contribution in [-0.2, 0) is 9.53 Å². The minimum atomic E-state index is -0.437. The minimum Gasteiger partial charge on any atom is -0.460 e. The number of hydrogen-bond acceptors (Lipinski definition) is 2. The van der Waals surface area contributed by atoms with Crippen LogP contribution in [0.3, 0.4) is 0 Å². The fraction of sp³-hybridized carbons (Fsp3) is 0.562. The molecule has 1 saturated carbocycles. The van der Waals surface area contributed by atoms with Gasteiger partial charge in [-0.25, -0.2) is 4.39 Å². The summed E-state index contributed by atoms with van der Waals surface area (Å²) < 4.78 is 18.2. The Balaban J connectivity index is 1.96. The Morgan fingerprint density at radius 1 is 1.37 bits per heavy atom. The van der Waals surface area contributed by atoms with Crippen molar-refractivity contribution in [3.63, 3.8) is 0 Å². The van der Waals surface area contributed by atoms with E-state index in [9.17, 15) is 9.18 Å². The maximum atomic E-state index is 12.9. The highest BCUT2D eigenvalue weighted by atomic mass is 19.1. The number of halogens is 1. The molecule has 2 rings (SSSR count). The number of esters is 1. The van der Waals surface area contributed by atoms with Crippen molar-refractivity contribution >= 4 is 5.97 Å². The molecule has 19 heavy (non-hydrogen) atoms. The van der Waals surface area contributed by atoms with Gasteiger partial charge in [0.25, 0.3) is 0 Å². The topological polar surface area (TPSA) is 26.3 Å². The summed E-state index contributed by atoms with van der Waals surface area (Å²) in [7, 11) is 0. The van der Waals surface area contributed by atoms with E-state index in [1.165, 1.54) is 12.1 Å². The van der Waals surface area contributed by atoms with Crippen LogP contribution in [0.15, 0.2) is 24.3 Å². The first-order valence-electron chi connectivity index (χ1n) is 6.67. The standard InChI is InChI=1S/C16H21FO2/c1-15(2,3)19-14(18)10-16(4)9-13(16)11-5-7-12(17)8-6-11/h5-8,13H,9-10H2,1-4H3/t13-,16-/m0/s1. The molecular formula is C16H21FO2. The van der Waals surface area contributed by atoms with Gasteiger partial charge in [-0.3, -0.25) is 4.79 Å². The molecule has 0 saturated heterocycles. The van der Waals surface area contributed by atoms with E-state index in [1.54, 1.807) is 12.1 Å². The second-order valence-corrected chi connectivity index (χ2v) is 6.73. The molecule has 1 aromatic rings. The molecule has 1 aromatic carbocycles. The summed E-state index contributed by atoms with van der Waals surface area (Å²) in [4.78, 5) is 11.9. The lowest BCUT2D eigenvalue weighted by atomic mass is 9.97. The normalized spacial score (nSPS) is 26.1. The Morgan fingerprint density at radius 3 is 2.47 bits per heavy atom. The first kappa shape index (κ1) is 14.0. The van der Waals surface area contributed by atoms with Gasteiger partial charge in [0, 0.05) is 0 Å². The largest absolute Gasteiger partial charge is 0.460 e. The molecule has 3 heteroatoms. The van der Waals surface area contributed by atoms with E-state index < -0.39 is 5.60 Å². The third kappa shape index (κ3) is 3.55. The number of ether oxygens (including phenoxy) is 1. The summed E-state index contributed by atoms with van der Waals surface area (Å²) >= 11 is 0. The smallest absolute Gasteiger partial charge is 0.306 e. The molecule has 0 amide bonds. The van der Waals surface area contributed by atoms with Crippen molar-refractivity contribution in [2.24, 2.45) is 5.41 Å². The van der Waals surface area contributed by atoms with E-state index in [-0.39, 0.29) is 17.2 Å². The highest BCUT2D eigenvalue weighted by molar-refractivity contribution is 5.71. The Hall–Kier alpha value is -1.38. The lowest BCUT2D eigenvalue weighted by Gasteiger charge is -2.21. The van der Waals surface area contributed by atoms with Gasteiger partial charge in [-0.2, -0.15) is 0 Å². The number of carbonyl (C=O) groups is 1. The second-order valence-electron chi connectivity index (χ2n) is 6.73. The van der Waals surface area contributed by atoms with Gasteiger partial charge in [-0.15, -0.1) is 0 Å². The maximum absolute atomic E-state index is 12.9. The molecule has 0 aromatic heterocycles. The van der Waals surface area contributed by atoms with Gasteiger partial charge < -0.3 is 4.74 Å². The third-order valence-corrected chi connectivity index (χ3v) is 3.59. The zero-order valence-corrected chi connectivity index (χ0v) is 12.0. The molecular weight excluding hydrogens is 243 g/mol. The van der Waals surface area contributed by atoms with Crippen molar-refractivity contribution in [2.75, 3.05) is 0 Å². The van der Waals surface area contributed by atoms with Crippen LogP contribution in [0, 0.1) is 11.2 Å². The molecule has 0 spiro atoms. The average Bonchev–Trinajstić information content (AvgIpc) is 2.87. The van der Waals surface area contributed by atoms with Gasteiger partial charge in [0.1, 0.15) is 11.4 Å².